The highest BCUT2D eigenvalue weighted by Gasteiger charge is 2.43. The molecule has 0 N–H and O–H groups in total. The van der Waals surface area contributed by atoms with Gasteiger partial charge in [-0.25, -0.2) is 4.79 Å². The normalized spacial score (nSPS) is 31.9. The number of carbonyl (C=O) groups excluding carboxylic acids is 1. The fourth-order valence-electron chi connectivity index (χ4n) is 4.35. The van der Waals surface area contributed by atoms with Gasteiger partial charge >= 0.3 is 5.30 Å². The van der Waals surface area contributed by atoms with Crippen LogP contribution in [-0.2, 0) is 4.74 Å². The van der Waals surface area contributed by atoms with Crippen molar-refractivity contribution < 1.29 is 9.53 Å². The minimum Gasteiger partial charge on any atom is -0.451 e. The Balaban J connectivity index is 1.71. The lowest BCUT2D eigenvalue weighted by atomic mass is 9.63. The molecular formula is C18H32O2S. The van der Waals surface area contributed by atoms with Crippen LogP contribution in [0.3, 0.4) is 0 Å². The minimum absolute atomic E-state index is 0.139. The highest BCUT2D eigenvalue weighted by molar-refractivity contribution is 8.12. The first-order valence-corrected chi connectivity index (χ1v) is 9.97. The Bertz CT molecular complexity index is 357. The Morgan fingerprint density at radius 2 is 2.19 bits per heavy atom. The third kappa shape index (κ3) is 4.40. The molecule has 2 rings (SSSR count). The lowest BCUT2D eigenvalue weighted by Crippen LogP contribution is -2.34. The Hall–Kier alpha value is -0.180. The molecule has 3 heteroatoms. The van der Waals surface area contributed by atoms with E-state index in [-0.39, 0.29) is 10.9 Å². The molecule has 0 spiro atoms. The molecule has 0 aromatic rings. The Morgan fingerprint density at radius 3 is 2.81 bits per heavy atom. The number of rotatable bonds is 7. The van der Waals surface area contributed by atoms with Crippen molar-refractivity contribution in [2.24, 2.45) is 23.7 Å². The molecular weight excluding hydrogens is 280 g/mol. The maximum absolute atomic E-state index is 11.5. The second-order valence-corrected chi connectivity index (χ2v) is 8.33. The number of thioether (sulfide) groups is 1. The maximum Gasteiger partial charge on any atom is 0.367 e. The van der Waals surface area contributed by atoms with Crippen LogP contribution in [0.5, 0.6) is 0 Å². The zero-order valence-electron chi connectivity index (χ0n) is 14.2. The predicted octanol–water partition coefficient (Wildman–Crippen LogP) is 5.90. The SMILES string of the molecule is CCC(C)(CCC(C)CC1CC2CCCC21)OC(=O)SC. The molecule has 122 valence electrons. The molecule has 0 aromatic heterocycles. The van der Waals surface area contributed by atoms with Gasteiger partial charge in [-0.2, -0.15) is 0 Å². The van der Waals surface area contributed by atoms with Crippen molar-refractivity contribution in [1.29, 1.82) is 0 Å². The molecule has 2 fully saturated rings. The first-order chi connectivity index (χ1) is 9.97. The van der Waals surface area contributed by atoms with Gasteiger partial charge in [-0.1, -0.05) is 26.7 Å². The Morgan fingerprint density at radius 1 is 1.43 bits per heavy atom. The van der Waals surface area contributed by atoms with Gasteiger partial charge in [0.25, 0.3) is 0 Å². The predicted molar refractivity (Wildman–Crippen MR) is 90.6 cm³/mol. The van der Waals surface area contributed by atoms with E-state index in [1.807, 2.05) is 0 Å². The van der Waals surface area contributed by atoms with E-state index in [4.69, 9.17) is 4.74 Å². The van der Waals surface area contributed by atoms with Crippen LogP contribution in [0.2, 0.25) is 0 Å². The van der Waals surface area contributed by atoms with Gasteiger partial charge in [0.15, 0.2) is 0 Å². The van der Waals surface area contributed by atoms with E-state index in [1.54, 1.807) is 6.26 Å². The van der Waals surface area contributed by atoms with Crippen LogP contribution in [0, 0.1) is 23.7 Å². The van der Waals surface area contributed by atoms with Crippen molar-refractivity contribution in [2.75, 3.05) is 6.26 Å². The number of ether oxygens (including phenoxy) is 1. The molecule has 0 saturated heterocycles. The molecule has 0 bridgehead atoms. The standard InChI is InChI=1S/C18H32O2S/c1-5-18(3,20-17(19)21-4)10-9-13(2)11-15-12-14-7-6-8-16(14)15/h13-16H,5-12H2,1-4H3. The van der Waals surface area contributed by atoms with Crippen LogP contribution in [0.4, 0.5) is 4.79 Å². The lowest BCUT2D eigenvalue weighted by Gasteiger charge is -2.42. The van der Waals surface area contributed by atoms with Crippen LogP contribution in [0.25, 0.3) is 0 Å². The van der Waals surface area contributed by atoms with Gasteiger partial charge < -0.3 is 4.74 Å². The van der Waals surface area contributed by atoms with Gasteiger partial charge in [-0.3, -0.25) is 0 Å². The smallest absolute Gasteiger partial charge is 0.367 e. The summed E-state index contributed by atoms with van der Waals surface area (Å²) in [5.74, 6) is 3.88. The zero-order valence-corrected chi connectivity index (χ0v) is 15.0. The summed E-state index contributed by atoms with van der Waals surface area (Å²) in [5.41, 5.74) is -0.274. The van der Waals surface area contributed by atoms with E-state index in [0.29, 0.717) is 0 Å². The monoisotopic (exact) mass is 312 g/mol. The third-order valence-corrected chi connectivity index (χ3v) is 6.46. The van der Waals surface area contributed by atoms with Crippen LogP contribution in [0.15, 0.2) is 0 Å². The average Bonchev–Trinajstić information content (AvgIpc) is 2.83. The number of carbonyl (C=O) groups is 1. The van der Waals surface area contributed by atoms with E-state index in [0.717, 1.165) is 36.5 Å². The number of fused-ring (bicyclic) bond motifs is 1. The van der Waals surface area contributed by atoms with E-state index in [1.165, 1.54) is 50.3 Å². The first kappa shape index (κ1) is 17.2. The summed E-state index contributed by atoms with van der Waals surface area (Å²) in [6.45, 7) is 6.59. The van der Waals surface area contributed by atoms with Gasteiger partial charge in [0.05, 0.1) is 0 Å². The van der Waals surface area contributed by atoms with Crippen molar-refractivity contribution in [3.63, 3.8) is 0 Å². The van der Waals surface area contributed by atoms with Gasteiger partial charge in [-0.15, -0.1) is 0 Å². The number of hydrogen-bond acceptors (Lipinski definition) is 3. The summed E-state index contributed by atoms with van der Waals surface area (Å²) in [6, 6.07) is 0. The van der Waals surface area contributed by atoms with E-state index >= 15 is 0 Å². The molecule has 5 unspecified atom stereocenters. The molecule has 0 aliphatic heterocycles. The van der Waals surface area contributed by atoms with Gasteiger partial charge in [0.1, 0.15) is 5.60 Å². The molecule has 5 atom stereocenters. The summed E-state index contributed by atoms with van der Waals surface area (Å²) in [6.07, 6.45) is 12.2. The van der Waals surface area contributed by atoms with Crippen LogP contribution in [0.1, 0.15) is 72.1 Å². The number of hydrogen-bond donors (Lipinski definition) is 0. The molecule has 0 amide bonds. The molecule has 0 heterocycles. The molecule has 0 aromatic carbocycles. The van der Waals surface area contributed by atoms with Crippen molar-refractivity contribution in [3.05, 3.63) is 0 Å². The third-order valence-electron chi connectivity index (χ3n) is 6.04. The molecule has 2 saturated carbocycles. The highest BCUT2D eigenvalue weighted by Crippen LogP contribution is 2.53. The van der Waals surface area contributed by atoms with Crippen molar-refractivity contribution in [3.8, 4) is 0 Å². The zero-order chi connectivity index (χ0) is 15.5. The van der Waals surface area contributed by atoms with E-state index < -0.39 is 0 Å². The fraction of sp³-hybridized carbons (Fsp3) is 0.944. The van der Waals surface area contributed by atoms with E-state index in [9.17, 15) is 4.79 Å². The van der Waals surface area contributed by atoms with Gasteiger partial charge in [0, 0.05) is 0 Å². The second kappa shape index (κ2) is 7.39. The van der Waals surface area contributed by atoms with Crippen molar-refractivity contribution in [1.82, 2.24) is 0 Å². The quantitative estimate of drug-likeness (QED) is 0.548. The van der Waals surface area contributed by atoms with Crippen LogP contribution < -0.4 is 0 Å². The first-order valence-electron chi connectivity index (χ1n) is 8.74. The lowest BCUT2D eigenvalue weighted by molar-refractivity contribution is 0.0234. The molecule has 2 aliphatic rings. The summed E-state index contributed by atoms with van der Waals surface area (Å²) in [5, 5.41) is -0.139. The summed E-state index contributed by atoms with van der Waals surface area (Å²) in [4.78, 5) is 11.5. The van der Waals surface area contributed by atoms with Gasteiger partial charge in [0.2, 0.25) is 0 Å². The Labute approximate surface area is 134 Å². The largest absolute Gasteiger partial charge is 0.451 e. The highest BCUT2D eigenvalue weighted by atomic mass is 32.2. The van der Waals surface area contributed by atoms with Crippen molar-refractivity contribution >= 4 is 17.1 Å². The minimum atomic E-state index is -0.274. The summed E-state index contributed by atoms with van der Waals surface area (Å²) < 4.78 is 5.63. The van der Waals surface area contributed by atoms with E-state index in [2.05, 4.69) is 20.8 Å². The molecule has 2 aliphatic carbocycles. The van der Waals surface area contributed by atoms with Crippen LogP contribution in [-0.4, -0.2) is 17.2 Å². The van der Waals surface area contributed by atoms with Gasteiger partial charge in [-0.05, 0) is 87.1 Å². The van der Waals surface area contributed by atoms with Crippen molar-refractivity contribution in [2.45, 2.75) is 77.7 Å². The maximum atomic E-state index is 11.5. The Kier molecular flexibility index (Phi) is 6.05. The fourth-order valence-corrected chi connectivity index (χ4v) is 4.63. The summed E-state index contributed by atoms with van der Waals surface area (Å²) in [7, 11) is 0. The topological polar surface area (TPSA) is 26.3 Å². The summed E-state index contributed by atoms with van der Waals surface area (Å²) >= 11 is 1.17. The second-order valence-electron chi connectivity index (χ2n) is 7.59. The average molecular weight is 313 g/mol. The molecule has 0 radical (unpaired) electrons. The molecule has 21 heavy (non-hydrogen) atoms. The van der Waals surface area contributed by atoms with Crippen LogP contribution >= 0.6 is 11.8 Å². The molecule has 2 nitrogen and oxygen atoms in total.